The van der Waals surface area contributed by atoms with Crippen molar-refractivity contribution in [2.45, 2.75) is 37.8 Å². The molecule has 3 N–H and O–H groups in total. The molecule has 1 amide bonds. The number of aromatic nitrogens is 3. The van der Waals surface area contributed by atoms with E-state index in [0.29, 0.717) is 46.4 Å². The quantitative estimate of drug-likeness (QED) is 0.340. The van der Waals surface area contributed by atoms with E-state index in [1.54, 1.807) is 31.6 Å². The molecule has 11 heteroatoms. The van der Waals surface area contributed by atoms with Crippen molar-refractivity contribution in [3.05, 3.63) is 54.5 Å². The first-order valence-electron chi connectivity index (χ1n) is 14.9. The highest BCUT2D eigenvalue weighted by Gasteiger charge is 2.30. The van der Waals surface area contributed by atoms with Crippen molar-refractivity contribution in [1.29, 1.82) is 0 Å². The van der Waals surface area contributed by atoms with Gasteiger partial charge in [0.15, 0.2) is 11.5 Å². The van der Waals surface area contributed by atoms with Crippen molar-refractivity contribution in [2.75, 3.05) is 58.2 Å². The summed E-state index contributed by atoms with van der Waals surface area (Å²) < 4.78 is 18.8. The monoisotopic (exact) mass is 583 g/mol. The molecule has 11 nitrogen and oxygen atoms in total. The van der Waals surface area contributed by atoms with E-state index in [1.165, 1.54) is 12.8 Å². The molecule has 3 aliphatic rings. The number of likely N-dealkylation sites (N-methyl/N-ethyl adjacent to an activating group) is 1. The van der Waals surface area contributed by atoms with Crippen molar-refractivity contribution < 1.29 is 19.0 Å². The first-order chi connectivity index (χ1) is 21.0. The molecule has 1 saturated heterocycles. The zero-order chi connectivity index (χ0) is 29.5. The summed E-state index contributed by atoms with van der Waals surface area (Å²) in [5.41, 5.74) is 10.2. The summed E-state index contributed by atoms with van der Waals surface area (Å²) in [6.07, 6.45) is 8.25. The average Bonchev–Trinajstić information content (AvgIpc) is 3.67. The Labute approximate surface area is 250 Å². The Hall–Kier alpha value is -4.35. The van der Waals surface area contributed by atoms with Crippen LogP contribution < -0.4 is 25.3 Å². The smallest absolute Gasteiger partial charge is 0.255 e. The molecule has 0 unspecified atom stereocenters. The van der Waals surface area contributed by atoms with Gasteiger partial charge in [0.05, 0.1) is 18.2 Å². The van der Waals surface area contributed by atoms with Gasteiger partial charge in [0.1, 0.15) is 23.5 Å². The summed E-state index contributed by atoms with van der Waals surface area (Å²) >= 11 is 0. The zero-order valence-corrected chi connectivity index (χ0v) is 24.6. The number of nitrogens with zero attached hydrogens (tertiary/aromatic N) is 5. The molecule has 0 atom stereocenters. The van der Waals surface area contributed by atoms with Crippen molar-refractivity contribution in [2.24, 2.45) is 0 Å². The summed E-state index contributed by atoms with van der Waals surface area (Å²) in [6.45, 7) is 4.75. The van der Waals surface area contributed by atoms with Crippen molar-refractivity contribution in [1.82, 2.24) is 24.3 Å². The number of nitrogens with one attached hydrogen (secondary N) is 1. The number of ether oxygens (including phenoxy) is 3. The largest absolute Gasteiger partial charge is 0.495 e. The fourth-order valence-electron chi connectivity index (χ4n) is 6.69. The Morgan fingerprint density at radius 3 is 2.53 bits per heavy atom. The van der Waals surface area contributed by atoms with Crippen LogP contribution in [0.3, 0.4) is 0 Å². The van der Waals surface area contributed by atoms with Gasteiger partial charge < -0.3 is 34.7 Å². The third-order valence-electron chi connectivity index (χ3n) is 9.15. The van der Waals surface area contributed by atoms with E-state index in [2.05, 4.69) is 42.9 Å². The molecule has 1 aliphatic carbocycles. The molecule has 2 aromatic carbocycles. The number of amides is 1. The third kappa shape index (κ3) is 5.23. The lowest BCUT2D eigenvalue weighted by Crippen LogP contribution is -2.49. The number of carbonyl (C=O) groups excluding carboxylic acids is 1. The lowest BCUT2D eigenvalue weighted by molar-refractivity contribution is 0.0828. The van der Waals surface area contributed by atoms with E-state index in [4.69, 9.17) is 19.9 Å². The number of rotatable bonds is 6. The van der Waals surface area contributed by atoms with Gasteiger partial charge in [-0.25, -0.2) is 9.97 Å². The van der Waals surface area contributed by atoms with Crippen LogP contribution in [0.1, 0.15) is 42.1 Å². The predicted molar refractivity (Wildman–Crippen MR) is 165 cm³/mol. The Bertz CT molecular complexity index is 1660. The number of piperazine rings is 1. The number of methoxy groups -OCH3 is 1. The molecule has 2 aromatic heterocycles. The Kier molecular flexibility index (Phi) is 7.28. The third-order valence-corrected chi connectivity index (χ3v) is 9.15. The zero-order valence-electron chi connectivity index (χ0n) is 24.6. The highest BCUT2D eigenvalue weighted by molar-refractivity contribution is 6.06. The first-order valence-corrected chi connectivity index (χ1v) is 14.9. The van der Waals surface area contributed by atoms with E-state index in [-0.39, 0.29) is 12.7 Å². The summed E-state index contributed by atoms with van der Waals surface area (Å²) in [4.78, 5) is 27.2. The van der Waals surface area contributed by atoms with E-state index < -0.39 is 0 Å². The minimum absolute atomic E-state index is 0.152. The van der Waals surface area contributed by atoms with Gasteiger partial charge in [-0.05, 0) is 68.6 Å². The Morgan fingerprint density at radius 1 is 0.977 bits per heavy atom. The van der Waals surface area contributed by atoms with Gasteiger partial charge in [0, 0.05) is 55.6 Å². The minimum Gasteiger partial charge on any atom is -0.495 e. The van der Waals surface area contributed by atoms with Crippen molar-refractivity contribution >= 4 is 28.4 Å². The van der Waals surface area contributed by atoms with Crippen LogP contribution in [0.4, 0.5) is 11.5 Å². The Balaban J connectivity index is 1.14. The number of carbonyl (C=O) groups is 1. The van der Waals surface area contributed by atoms with Crippen LogP contribution in [0.2, 0.25) is 0 Å². The SMILES string of the molecule is COc1cc(-c2cn(C3CCC(N4CCN(C)CC4)CC3)c3ncnc(N)c23)ccc1NC(=O)c1ccc2c(c1)OCO2. The molecule has 1 saturated carbocycles. The van der Waals surface area contributed by atoms with Crippen LogP contribution in [-0.4, -0.2) is 83.4 Å². The van der Waals surface area contributed by atoms with Crippen LogP contribution >= 0.6 is 0 Å². The minimum atomic E-state index is -0.272. The lowest BCUT2D eigenvalue weighted by atomic mass is 9.89. The van der Waals surface area contributed by atoms with Gasteiger partial charge in [-0.15, -0.1) is 0 Å². The molecule has 4 heterocycles. The molecule has 7 rings (SSSR count). The number of anilines is 2. The van der Waals surface area contributed by atoms with Crippen LogP contribution in [0.15, 0.2) is 48.9 Å². The van der Waals surface area contributed by atoms with Crippen LogP contribution in [0, 0.1) is 0 Å². The normalized spacial score (nSPS) is 20.8. The molecule has 43 heavy (non-hydrogen) atoms. The van der Waals surface area contributed by atoms with Gasteiger partial charge in [-0.1, -0.05) is 6.07 Å². The standard InChI is InChI=1S/C32H37N7O4/c1-37-11-13-38(14-12-37)22-5-7-23(8-6-22)39-17-24(29-30(33)34-18-35-31(29)39)20-3-9-25(27(15-20)41-2)36-32(40)21-4-10-26-28(16-21)43-19-42-26/h3-4,9-10,15-18,22-23H,5-8,11-14,19H2,1-2H3,(H,36,40)(H2,33,34,35). The summed E-state index contributed by atoms with van der Waals surface area (Å²) in [5, 5.41) is 3.80. The molecule has 0 bridgehead atoms. The number of fused-ring (bicyclic) bond motifs is 2. The van der Waals surface area contributed by atoms with Crippen molar-refractivity contribution in [3.8, 4) is 28.4 Å². The highest BCUT2D eigenvalue weighted by atomic mass is 16.7. The second-order valence-electron chi connectivity index (χ2n) is 11.6. The van der Waals surface area contributed by atoms with E-state index in [1.807, 2.05) is 18.2 Å². The van der Waals surface area contributed by atoms with Gasteiger partial charge in [0.2, 0.25) is 6.79 Å². The molecule has 224 valence electrons. The molecular weight excluding hydrogens is 546 g/mol. The Morgan fingerprint density at radius 2 is 1.74 bits per heavy atom. The van der Waals surface area contributed by atoms with E-state index in [0.717, 1.165) is 61.2 Å². The second kappa shape index (κ2) is 11.4. The van der Waals surface area contributed by atoms with Gasteiger partial charge in [0.25, 0.3) is 5.91 Å². The van der Waals surface area contributed by atoms with Crippen molar-refractivity contribution in [3.63, 3.8) is 0 Å². The van der Waals surface area contributed by atoms with Crippen LogP contribution in [-0.2, 0) is 0 Å². The maximum Gasteiger partial charge on any atom is 0.255 e. The molecule has 0 radical (unpaired) electrons. The molecule has 0 spiro atoms. The van der Waals surface area contributed by atoms with E-state index >= 15 is 0 Å². The molecule has 2 fully saturated rings. The fourth-order valence-corrected chi connectivity index (χ4v) is 6.69. The number of nitrogens with two attached hydrogens (primary N) is 1. The van der Waals surface area contributed by atoms with Gasteiger partial charge in [-0.2, -0.15) is 0 Å². The summed E-state index contributed by atoms with van der Waals surface area (Å²) in [6, 6.07) is 11.8. The molecular formula is C32H37N7O4. The predicted octanol–water partition coefficient (Wildman–Crippen LogP) is 4.40. The lowest BCUT2D eigenvalue weighted by Gasteiger charge is -2.41. The first kappa shape index (κ1) is 27.5. The second-order valence-corrected chi connectivity index (χ2v) is 11.6. The number of hydrogen-bond acceptors (Lipinski definition) is 9. The summed E-state index contributed by atoms with van der Waals surface area (Å²) in [7, 11) is 3.80. The van der Waals surface area contributed by atoms with Gasteiger partial charge >= 0.3 is 0 Å². The number of nitrogen functional groups attached to an aromatic ring is 1. The maximum atomic E-state index is 13.1. The molecule has 4 aromatic rings. The number of hydrogen-bond donors (Lipinski definition) is 2. The fraction of sp³-hybridized carbons (Fsp3) is 0.406. The molecule has 2 aliphatic heterocycles. The average molecular weight is 584 g/mol. The van der Waals surface area contributed by atoms with Crippen LogP contribution in [0.5, 0.6) is 17.2 Å². The number of benzene rings is 2. The maximum absolute atomic E-state index is 13.1. The van der Waals surface area contributed by atoms with Crippen LogP contribution in [0.25, 0.3) is 22.2 Å². The summed E-state index contributed by atoms with van der Waals surface area (Å²) in [5.74, 6) is 1.90. The van der Waals surface area contributed by atoms with E-state index in [9.17, 15) is 4.79 Å². The van der Waals surface area contributed by atoms with Gasteiger partial charge in [-0.3, -0.25) is 9.69 Å². The highest BCUT2D eigenvalue weighted by Crippen LogP contribution is 2.41. The topological polar surface area (TPSA) is 120 Å².